The van der Waals surface area contributed by atoms with Crippen molar-refractivity contribution in [3.05, 3.63) is 35.9 Å². The number of benzene rings is 1. The second-order valence-electron chi connectivity index (χ2n) is 4.86. The molecule has 4 nitrogen and oxygen atoms in total. The van der Waals surface area contributed by atoms with Crippen LogP contribution in [0.2, 0.25) is 0 Å². The molecule has 2 rings (SSSR count). The molecule has 1 aromatic rings. The molecular formula is C14H20N2O2. The third-order valence-electron chi connectivity index (χ3n) is 3.85. The highest BCUT2D eigenvalue weighted by molar-refractivity contribution is 5.69. The maximum Gasteiger partial charge on any atom is 0.411 e. The van der Waals surface area contributed by atoms with E-state index in [1.54, 1.807) is 4.90 Å². The minimum atomic E-state index is -0.771. The molecule has 0 saturated carbocycles. The van der Waals surface area contributed by atoms with Gasteiger partial charge in [0, 0.05) is 6.54 Å². The van der Waals surface area contributed by atoms with E-state index in [1.165, 1.54) is 7.11 Å². The van der Waals surface area contributed by atoms with Crippen molar-refractivity contribution >= 4 is 6.09 Å². The van der Waals surface area contributed by atoms with Crippen molar-refractivity contribution in [2.45, 2.75) is 25.4 Å². The third kappa shape index (κ3) is 1.97. The summed E-state index contributed by atoms with van der Waals surface area (Å²) in [5.41, 5.74) is 6.76. The zero-order chi connectivity index (χ0) is 13.2. The number of nitrogens with two attached hydrogens (primary N) is 1. The Morgan fingerprint density at radius 2 is 2.11 bits per heavy atom. The van der Waals surface area contributed by atoms with Gasteiger partial charge in [0.15, 0.2) is 0 Å². The van der Waals surface area contributed by atoms with E-state index in [0.29, 0.717) is 6.54 Å². The maximum absolute atomic E-state index is 11.9. The second kappa shape index (κ2) is 4.98. The number of piperidine rings is 1. The van der Waals surface area contributed by atoms with Crippen LogP contribution in [-0.4, -0.2) is 24.6 Å². The molecule has 18 heavy (non-hydrogen) atoms. The van der Waals surface area contributed by atoms with Gasteiger partial charge in [-0.05, 0) is 24.3 Å². The Bertz CT molecular complexity index is 421. The minimum absolute atomic E-state index is 0.202. The molecule has 98 valence electrons. The van der Waals surface area contributed by atoms with Gasteiger partial charge in [-0.2, -0.15) is 0 Å². The first-order valence-electron chi connectivity index (χ1n) is 6.30. The Hall–Kier alpha value is -1.55. The summed E-state index contributed by atoms with van der Waals surface area (Å²) in [4.78, 5) is 13.6. The average Bonchev–Trinajstić information content (AvgIpc) is 2.42. The van der Waals surface area contributed by atoms with Crippen LogP contribution in [-0.2, 0) is 10.4 Å². The quantitative estimate of drug-likeness (QED) is 0.829. The molecule has 1 heterocycles. The van der Waals surface area contributed by atoms with Gasteiger partial charge in [-0.15, -0.1) is 0 Å². The van der Waals surface area contributed by atoms with E-state index in [4.69, 9.17) is 10.5 Å². The average molecular weight is 248 g/mol. The molecule has 1 saturated heterocycles. The van der Waals surface area contributed by atoms with Crippen molar-refractivity contribution in [1.29, 1.82) is 0 Å². The van der Waals surface area contributed by atoms with E-state index in [9.17, 15) is 4.79 Å². The summed E-state index contributed by atoms with van der Waals surface area (Å²) >= 11 is 0. The number of amides is 1. The predicted molar refractivity (Wildman–Crippen MR) is 69.8 cm³/mol. The molecule has 0 aromatic heterocycles. The summed E-state index contributed by atoms with van der Waals surface area (Å²) in [6, 6.07) is 9.78. The molecule has 2 atom stereocenters. The molecule has 1 aromatic carbocycles. The Labute approximate surface area is 108 Å². The first-order valence-corrected chi connectivity index (χ1v) is 6.30. The van der Waals surface area contributed by atoms with Crippen LogP contribution in [0.1, 0.15) is 25.3 Å². The molecule has 2 N–H and O–H groups in total. The minimum Gasteiger partial charge on any atom is -0.453 e. The van der Waals surface area contributed by atoms with Crippen LogP contribution >= 0.6 is 0 Å². The summed E-state index contributed by atoms with van der Waals surface area (Å²) in [6.07, 6.45) is 1.62. The number of hydrogen-bond donors (Lipinski definition) is 1. The lowest BCUT2D eigenvalue weighted by atomic mass is 9.80. The van der Waals surface area contributed by atoms with Gasteiger partial charge >= 0.3 is 6.09 Å². The Balaban J connectivity index is 2.43. The van der Waals surface area contributed by atoms with Crippen LogP contribution in [0.3, 0.4) is 0 Å². The summed E-state index contributed by atoms with van der Waals surface area (Å²) in [5, 5.41) is 0. The number of carbonyl (C=O) groups excluding carboxylic acids is 1. The molecular weight excluding hydrogens is 228 g/mol. The van der Waals surface area contributed by atoms with Crippen LogP contribution in [0.25, 0.3) is 0 Å². The van der Waals surface area contributed by atoms with Crippen molar-refractivity contribution in [1.82, 2.24) is 4.90 Å². The lowest BCUT2D eigenvalue weighted by Crippen LogP contribution is -2.62. The van der Waals surface area contributed by atoms with Crippen molar-refractivity contribution < 1.29 is 9.53 Å². The summed E-state index contributed by atoms with van der Waals surface area (Å²) < 4.78 is 4.86. The monoisotopic (exact) mass is 248 g/mol. The largest absolute Gasteiger partial charge is 0.453 e. The predicted octanol–water partition coefficient (Wildman–Crippen LogP) is 2.30. The van der Waals surface area contributed by atoms with Crippen molar-refractivity contribution in [2.24, 2.45) is 11.7 Å². The van der Waals surface area contributed by atoms with Crippen molar-refractivity contribution in [3.63, 3.8) is 0 Å². The van der Waals surface area contributed by atoms with Crippen LogP contribution in [0.5, 0.6) is 0 Å². The molecule has 0 aliphatic carbocycles. The fraction of sp³-hybridized carbons (Fsp3) is 0.500. The molecule has 0 bridgehead atoms. The van der Waals surface area contributed by atoms with Crippen molar-refractivity contribution in [2.75, 3.05) is 13.7 Å². The number of rotatable bonds is 1. The zero-order valence-corrected chi connectivity index (χ0v) is 10.9. The lowest BCUT2D eigenvalue weighted by Gasteiger charge is -2.48. The van der Waals surface area contributed by atoms with E-state index in [0.717, 1.165) is 18.4 Å². The summed E-state index contributed by atoms with van der Waals surface area (Å²) in [6.45, 7) is 2.73. The molecule has 1 aliphatic rings. The SMILES string of the molecule is COC(=O)N1CCCC(C)C1(N)c1ccccc1. The number of carbonyl (C=O) groups is 1. The standard InChI is InChI=1S/C14H20N2O2/c1-11-7-6-10-16(13(17)18-2)14(11,15)12-8-4-3-5-9-12/h3-5,8-9,11H,6-7,10,15H2,1-2H3. The zero-order valence-electron chi connectivity index (χ0n) is 10.9. The van der Waals surface area contributed by atoms with E-state index in [1.807, 2.05) is 30.3 Å². The molecule has 0 radical (unpaired) electrons. The number of ether oxygens (including phenoxy) is 1. The first kappa shape index (κ1) is 12.9. The third-order valence-corrected chi connectivity index (χ3v) is 3.85. The van der Waals surface area contributed by atoms with E-state index in [-0.39, 0.29) is 12.0 Å². The summed E-state index contributed by atoms with van der Waals surface area (Å²) in [5.74, 6) is 0.202. The smallest absolute Gasteiger partial charge is 0.411 e. The van der Waals surface area contributed by atoms with Crippen LogP contribution in [0.4, 0.5) is 4.79 Å². The fourth-order valence-corrected chi connectivity index (χ4v) is 2.72. The van der Waals surface area contributed by atoms with Crippen LogP contribution < -0.4 is 5.73 Å². The highest BCUT2D eigenvalue weighted by atomic mass is 16.5. The maximum atomic E-state index is 11.9. The Morgan fingerprint density at radius 1 is 1.44 bits per heavy atom. The van der Waals surface area contributed by atoms with E-state index < -0.39 is 5.66 Å². The highest BCUT2D eigenvalue weighted by Crippen LogP contribution is 2.37. The topological polar surface area (TPSA) is 55.6 Å². The van der Waals surface area contributed by atoms with Gasteiger partial charge in [0.05, 0.1) is 7.11 Å². The van der Waals surface area contributed by atoms with E-state index in [2.05, 4.69) is 6.92 Å². The van der Waals surface area contributed by atoms with Gasteiger partial charge in [0.25, 0.3) is 0 Å². The number of likely N-dealkylation sites (tertiary alicyclic amines) is 1. The Kier molecular flexibility index (Phi) is 3.57. The van der Waals surface area contributed by atoms with Gasteiger partial charge in [-0.1, -0.05) is 37.3 Å². The fourth-order valence-electron chi connectivity index (χ4n) is 2.72. The van der Waals surface area contributed by atoms with Crippen LogP contribution in [0.15, 0.2) is 30.3 Å². The first-order chi connectivity index (χ1) is 8.60. The van der Waals surface area contributed by atoms with Crippen molar-refractivity contribution in [3.8, 4) is 0 Å². The Morgan fingerprint density at radius 3 is 2.72 bits per heavy atom. The van der Waals surface area contributed by atoms with Gasteiger partial charge < -0.3 is 10.5 Å². The molecule has 1 amide bonds. The number of hydrogen-bond acceptors (Lipinski definition) is 3. The van der Waals surface area contributed by atoms with Gasteiger partial charge in [0.2, 0.25) is 0 Å². The molecule has 4 heteroatoms. The van der Waals surface area contributed by atoms with E-state index >= 15 is 0 Å². The number of methoxy groups -OCH3 is 1. The second-order valence-corrected chi connectivity index (χ2v) is 4.86. The molecule has 1 fully saturated rings. The lowest BCUT2D eigenvalue weighted by molar-refractivity contribution is 0.00391. The summed E-state index contributed by atoms with van der Waals surface area (Å²) in [7, 11) is 1.40. The van der Waals surface area contributed by atoms with Gasteiger partial charge in [-0.25, -0.2) is 4.79 Å². The molecule has 1 aliphatic heterocycles. The van der Waals surface area contributed by atoms with Gasteiger partial charge in [-0.3, -0.25) is 4.90 Å². The molecule has 2 unspecified atom stereocenters. The van der Waals surface area contributed by atoms with Gasteiger partial charge in [0.1, 0.15) is 5.66 Å². The normalized spacial score (nSPS) is 27.9. The highest BCUT2D eigenvalue weighted by Gasteiger charge is 2.45. The van der Waals surface area contributed by atoms with Crippen LogP contribution in [0, 0.1) is 5.92 Å². The number of nitrogens with zero attached hydrogens (tertiary/aromatic N) is 1. The molecule has 0 spiro atoms.